The number of methoxy groups -OCH3 is 1. The average molecular weight is 310 g/mol. The molecule has 0 aliphatic rings. The van der Waals surface area contributed by atoms with E-state index in [0.717, 1.165) is 31.1 Å². The van der Waals surface area contributed by atoms with E-state index >= 15 is 0 Å². The van der Waals surface area contributed by atoms with Crippen LogP contribution in [0.3, 0.4) is 0 Å². The van der Waals surface area contributed by atoms with Gasteiger partial charge in [-0.3, -0.25) is 4.79 Å². The van der Waals surface area contributed by atoms with E-state index in [-0.39, 0.29) is 5.91 Å². The normalized spacial score (nSPS) is 10.6. The van der Waals surface area contributed by atoms with Gasteiger partial charge in [0.15, 0.2) is 0 Å². The highest BCUT2D eigenvalue weighted by Gasteiger charge is 2.09. The average Bonchev–Trinajstić information content (AvgIpc) is 2.51. The summed E-state index contributed by atoms with van der Waals surface area (Å²) in [7, 11) is 1.70. The molecule has 1 aromatic rings. The molecule has 0 atom stereocenters. The number of hydrogen-bond donors (Lipinski definition) is 1. The van der Waals surface area contributed by atoms with Gasteiger partial charge in [0.1, 0.15) is 0 Å². The van der Waals surface area contributed by atoms with Crippen LogP contribution in [-0.4, -0.2) is 49.9 Å². The van der Waals surface area contributed by atoms with Crippen molar-refractivity contribution in [3.05, 3.63) is 29.8 Å². The zero-order valence-electron chi connectivity index (χ0n) is 13.2. The zero-order valence-corrected chi connectivity index (χ0v) is 14.0. The Morgan fingerprint density at radius 2 is 2.10 bits per heavy atom. The lowest BCUT2D eigenvalue weighted by molar-refractivity contribution is -0.127. The summed E-state index contributed by atoms with van der Waals surface area (Å²) in [6.45, 7) is 7.96. The molecule has 1 rings (SSSR count). The molecular weight excluding hydrogens is 284 g/mol. The number of thioether (sulfide) groups is 1. The standard InChI is InChI=1S/C16H26N2O2S/c1-4-18(5-2)16(19)13-21-15-8-6-7-14(11-15)12-17-9-10-20-3/h6-8,11,17H,4-5,9-10,12-13H2,1-3H3. The van der Waals surface area contributed by atoms with Crippen LogP contribution in [0.1, 0.15) is 19.4 Å². The fourth-order valence-electron chi connectivity index (χ4n) is 1.96. The molecule has 21 heavy (non-hydrogen) atoms. The predicted octanol–water partition coefficient (Wildman–Crippen LogP) is 2.38. The second-order valence-corrected chi connectivity index (χ2v) is 5.72. The summed E-state index contributed by atoms with van der Waals surface area (Å²) in [6.07, 6.45) is 0. The highest BCUT2D eigenvalue weighted by molar-refractivity contribution is 8.00. The Kier molecular flexibility index (Phi) is 9.14. The highest BCUT2D eigenvalue weighted by Crippen LogP contribution is 2.19. The summed E-state index contributed by atoms with van der Waals surface area (Å²) in [6, 6.07) is 8.33. The second-order valence-electron chi connectivity index (χ2n) is 4.67. The third-order valence-corrected chi connectivity index (χ3v) is 4.17. The van der Waals surface area contributed by atoms with E-state index in [1.165, 1.54) is 5.56 Å². The lowest BCUT2D eigenvalue weighted by Gasteiger charge is -2.18. The van der Waals surface area contributed by atoms with Crippen LogP contribution >= 0.6 is 11.8 Å². The van der Waals surface area contributed by atoms with E-state index in [9.17, 15) is 4.79 Å². The maximum absolute atomic E-state index is 12.0. The largest absolute Gasteiger partial charge is 0.383 e. The molecule has 0 aliphatic heterocycles. The molecule has 0 aliphatic carbocycles. The van der Waals surface area contributed by atoms with Crippen LogP contribution in [0.5, 0.6) is 0 Å². The van der Waals surface area contributed by atoms with Gasteiger partial charge >= 0.3 is 0 Å². The van der Waals surface area contributed by atoms with Gasteiger partial charge in [-0.25, -0.2) is 0 Å². The molecule has 1 N–H and O–H groups in total. The van der Waals surface area contributed by atoms with E-state index in [2.05, 4.69) is 23.5 Å². The van der Waals surface area contributed by atoms with Gasteiger partial charge in [0, 0.05) is 38.2 Å². The minimum Gasteiger partial charge on any atom is -0.383 e. The number of ether oxygens (including phenoxy) is 1. The quantitative estimate of drug-likeness (QED) is 0.532. The van der Waals surface area contributed by atoms with Crippen molar-refractivity contribution in [1.29, 1.82) is 0 Å². The first-order valence-electron chi connectivity index (χ1n) is 7.40. The molecule has 0 aromatic heterocycles. The van der Waals surface area contributed by atoms with Crippen LogP contribution in [0.15, 0.2) is 29.2 Å². The SMILES string of the molecule is CCN(CC)C(=O)CSc1cccc(CNCCOC)c1. The van der Waals surface area contributed by atoms with Gasteiger partial charge in [0.25, 0.3) is 0 Å². The topological polar surface area (TPSA) is 41.6 Å². The van der Waals surface area contributed by atoms with Gasteiger partial charge in [0.05, 0.1) is 12.4 Å². The number of nitrogens with zero attached hydrogens (tertiary/aromatic N) is 1. The van der Waals surface area contributed by atoms with Gasteiger partial charge in [0.2, 0.25) is 5.91 Å². The van der Waals surface area contributed by atoms with Crippen LogP contribution < -0.4 is 5.32 Å². The molecule has 4 nitrogen and oxygen atoms in total. The van der Waals surface area contributed by atoms with Crippen LogP contribution in [-0.2, 0) is 16.1 Å². The van der Waals surface area contributed by atoms with Crippen molar-refractivity contribution in [1.82, 2.24) is 10.2 Å². The Balaban J connectivity index is 2.43. The molecule has 0 fully saturated rings. The van der Waals surface area contributed by atoms with Gasteiger partial charge in [-0.15, -0.1) is 11.8 Å². The molecule has 118 valence electrons. The Bertz CT molecular complexity index is 422. The molecule has 0 radical (unpaired) electrons. The van der Waals surface area contributed by atoms with E-state index in [1.807, 2.05) is 24.8 Å². The molecule has 1 aromatic carbocycles. The minimum atomic E-state index is 0.202. The molecule has 5 heteroatoms. The van der Waals surface area contributed by atoms with Gasteiger partial charge in [-0.05, 0) is 31.5 Å². The third-order valence-electron chi connectivity index (χ3n) is 3.19. The minimum absolute atomic E-state index is 0.202. The molecule has 0 bridgehead atoms. The third kappa shape index (κ3) is 6.98. The molecular formula is C16H26N2O2S. The fraction of sp³-hybridized carbons (Fsp3) is 0.562. The number of rotatable bonds is 10. The Hall–Kier alpha value is -1.04. The number of amides is 1. The van der Waals surface area contributed by atoms with Gasteiger partial charge < -0.3 is 15.0 Å². The first-order valence-corrected chi connectivity index (χ1v) is 8.39. The van der Waals surface area contributed by atoms with E-state index < -0.39 is 0 Å². The van der Waals surface area contributed by atoms with E-state index in [0.29, 0.717) is 12.4 Å². The van der Waals surface area contributed by atoms with E-state index in [1.54, 1.807) is 18.9 Å². The smallest absolute Gasteiger partial charge is 0.232 e. The molecule has 0 heterocycles. The Morgan fingerprint density at radius 3 is 2.76 bits per heavy atom. The van der Waals surface area contributed by atoms with Crippen LogP contribution in [0, 0.1) is 0 Å². The molecule has 0 spiro atoms. The van der Waals surface area contributed by atoms with Crippen molar-refractivity contribution in [3.63, 3.8) is 0 Å². The molecule has 0 saturated heterocycles. The lowest BCUT2D eigenvalue weighted by atomic mass is 10.2. The number of carbonyl (C=O) groups excluding carboxylic acids is 1. The number of benzene rings is 1. The Morgan fingerprint density at radius 1 is 1.33 bits per heavy atom. The van der Waals surface area contributed by atoms with Crippen molar-refractivity contribution in [2.45, 2.75) is 25.3 Å². The maximum Gasteiger partial charge on any atom is 0.232 e. The van der Waals surface area contributed by atoms with Crippen molar-refractivity contribution >= 4 is 17.7 Å². The van der Waals surface area contributed by atoms with Gasteiger partial charge in [-0.1, -0.05) is 12.1 Å². The molecule has 0 unspecified atom stereocenters. The zero-order chi connectivity index (χ0) is 15.5. The van der Waals surface area contributed by atoms with Crippen LogP contribution in [0.2, 0.25) is 0 Å². The maximum atomic E-state index is 12.0. The number of carbonyl (C=O) groups is 1. The lowest BCUT2D eigenvalue weighted by Crippen LogP contribution is -2.31. The summed E-state index contributed by atoms with van der Waals surface area (Å²) in [5, 5.41) is 3.32. The van der Waals surface area contributed by atoms with Crippen molar-refractivity contribution < 1.29 is 9.53 Å². The first kappa shape index (κ1) is 18.0. The van der Waals surface area contributed by atoms with Crippen LogP contribution in [0.25, 0.3) is 0 Å². The van der Waals surface area contributed by atoms with E-state index in [4.69, 9.17) is 4.74 Å². The Labute approximate surface area is 132 Å². The summed E-state index contributed by atoms with van der Waals surface area (Å²) in [4.78, 5) is 15.0. The second kappa shape index (κ2) is 10.7. The van der Waals surface area contributed by atoms with Crippen molar-refractivity contribution in [2.24, 2.45) is 0 Å². The van der Waals surface area contributed by atoms with Crippen molar-refractivity contribution in [2.75, 3.05) is 39.1 Å². The summed E-state index contributed by atoms with van der Waals surface area (Å²) < 4.78 is 5.00. The number of hydrogen-bond acceptors (Lipinski definition) is 4. The fourth-order valence-corrected chi connectivity index (χ4v) is 2.85. The molecule has 1 amide bonds. The van der Waals surface area contributed by atoms with Crippen molar-refractivity contribution in [3.8, 4) is 0 Å². The van der Waals surface area contributed by atoms with Gasteiger partial charge in [-0.2, -0.15) is 0 Å². The predicted molar refractivity (Wildman–Crippen MR) is 88.7 cm³/mol. The summed E-state index contributed by atoms with van der Waals surface area (Å²) >= 11 is 1.60. The summed E-state index contributed by atoms with van der Waals surface area (Å²) in [5.74, 6) is 0.705. The first-order chi connectivity index (χ1) is 10.2. The highest BCUT2D eigenvalue weighted by atomic mass is 32.2. The monoisotopic (exact) mass is 310 g/mol. The summed E-state index contributed by atoms with van der Waals surface area (Å²) in [5.41, 5.74) is 1.23. The molecule has 0 saturated carbocycles. The van der Waals surface area contributed by atoms with Crippen LogP contribution in [0.4, 0.5) is 0 Å². The number of nitrogens with one attached hydrogen (secondary N) is 1.